The summed E-state index contributed by atoms with van der Waals surface area (Å²) in [6.07, 6.45) is 3.33. The largest absolute Gasteiger partial charge is 0.330 e. The summed E-state index contributed by atoms with van der Waals surface area (Å²) < 4.78 is 0. The van der Waals surface area contributed by atoms with Crippen LogP contribution in [0.5, 0.6) is 0 Å². The van der Waals surface area contributed by atoms with E-state index in [1.54, 1.807) is 0 Å². The van der Waals surface area contributed by atoms with Gasteiger partial charge in [-0.2, -0.15) is 0 Å². The molecule has 5 heteroatoms. The topological polar surface area (TPSA) is 70.5 Å². The summed E-state index contributed by atoms with van der Waals surface area (Å²) in [7, 11) is 4.21. The number of nitrogens with one attached hydrogen (secondary N) is 1. The molecule has 0 aliphatic carbocycles. The van der Waals surface area contributed by atoms with E-state index in [0.29, 0.717) is 0 Å². The second-order valence-electron chi connectivity index (χ2n) is 4.73. The van der Waals surface area contributed by atoms with Crippen molar-refractivity contribution in [3.05, 3.63) is 0 Å². The van der Waals surface area contributed by atoms with Crippen molar-refractivity contribution in [2.24, 2.45) is 11.5 Å². The minimum atomic E-state index is 0.774. The Hall–Kier alpha value is -0.200. The fourth-order valence-corrected chi connectivity index (χ4v) is 1.75. The lowest BCUT2D eigenvalue weighted by molar-refractivity contribution is 0.173. The third kappa shape index (κ3) is 12.1. The maximum atomic E-state index is 5.55. The molecule has 0 aliphatic heterocycles. The van der Waals surface area contributed by atoms with Gasteiger partial charge in [-0.25, -0.2) is 0 Å². The van der Waals surface area contributed by atoms with E-state index in [1.807, 2.05) is 0 Å². The number of rotatable bonds is 12. The normalized spacial score (nSPS) is 11.6. The lowest BCUT2D eigenvalue weighted by atomic mass is 10.3. The van der Waals surface area contributed by atoms with Gasteiger partial charge in [0.25, 0.3) is 0 Å². The second kappa shape index (κ2) is 12.3. The summed E-state index contributed by atoms with van der Waals surface area (Å²) >= 11 is 0. The Morgan fingerprint density at radius 1 is 0.882 bits per heavy atom. The third-order valence-corrected chi connectivity index (χ3v) is 2.55. The van der Waals surface area contributed by atoms with Gasteiger partial charge in [0.15, 0.2) is 0 Å². The highest BCUT2D eigenvalue weighted by molar-refractivity contribution is 4.59. The van der Waals surface area contributed by atoms with E-state index < -0.39 is 0 Å². The van der Waals surface area contributed by atoms with Gasteiger partial charge in [-0.3, -0.25) is 9.80 Å². The highest BCUT2D eigenvalue weighted by Gasteiger charge is 2.04. The summed E-state index contributed by atoms with van der Waals surface area (Å²) in [5, 5.41) is 3.41. The third-order valence-electron chi connectivity index (χ3n) is 2.55. The summed E-state index contributed by atoms with van der Waals surface area (Å²) in [5.41, 5.74) is 11.0. The maximum absolute atomic E-state index is 5.55. The molecule has 0 fully saturated rings. The van der Waals surface area contributed by atoms with Gasteiger partial charge in [-0.05, 0) is 59.5 Å². The predicted octanol–water partition coefficient (Wildman–Crippen LogP) is -0.515. The molecule has 0 radical (unpaired) electrons. The minimum absolute atomic E-state index is 0.774. The van der Waals surface area contributed by atoms with Gasteiger partial charge >= 0.3 is 0 Å². The van der Waals surface area contributed by atoms with Crippen LogP contribution in [0.25, 0.3) is 0 Å². The Balaban J connectivity index is 3.53. The van der Waals surface area contributed by atoms with E-state index in [-0.39, 0.29) is 0 Å². The first kappa shape index (κ1) is 16.8. The zero-order valence-electron chi connectivity index (χ0n) is 11.6. The Morgan fingerprint density at radius 2 is 1.47 bits per heavy atom. The van der Waals surface area contributed by atoms with E-state index in [2.05, 4.69) is 29.2 Å². The predicted molar refractivity (Wildman–Crippen MR) is 75.0 cm³/mol. The SMILES string of the molecule is CN(C)CN(CCCN)CCCNCCCN. The molecule has 0 spiro atoms. The summed E-state index contributed by atoms with van der Waals surface area (Å²) in [6.45, 7) is 6.91. The van der Waals surface area contributed by atoms with Crippen LogP contribution in [0.15, 0.2) is 0 Å². The fourth-order valence-electron chi connectivity index (χ4n) is 1.75. The Labute approximate surface area is 107 Å². The van der Waals surface area contributed by atoms with Crippen molar-refractivity contribution in [2.75, 3.05) is 60.0 Å². The first-order valence-electron chi connectivity index (χ1n) is 6.68. The first-order valence-corrected chi connectivity index (χ1v) is 6.68. The van der Waals surface area contributed by atoms with Crippen molar-refractivity contribution in [2.45, 2.75) is 19.3 Å². The van der Waals surface area contributed by atoms with Crippen LogP contribution in [-0.2, 0) is 0 Å². The average Bonchev–Trinajstić information content (AvgIpc) is 2.29. The average molecular weight is 245 g/mol. The van der Waals surface area contributed by atoms with E-state index in [9.17, 15) is 0 Å². The van der Waals surface area contributed by atoms with Crippen LogP contribution in [-0.4, -0.2) is 69.8 Å². The summed E-state index contributed by atoms with van der Waals surface area (Å²) in [4.78, 5) is 4.66. The van der Waals surface area contributed by atoms with Gasteiger partial charge in [0, 0.05) is 13.1 Å². The first-order chi connectivity index (χ1) is 8.20. The van der Waals surface area contributed by atoms with E-state index in [4.69, 9.17) is 11.5 Å². The monoisotopic (exact) mass is 245 g/mol. The molecular weight excluding hydrogens is 214 g/mol. The lowest BCUT2D eigenvalue weighted by Gasteiger charge is -2.25. The van der Waals surface area contributed by atoms with Crippen LogP contribution >= 0.6 is 0 Å². The molecule has 5 N–H and O–H groups in total. The van der Waals surface area contributed by atoms with Crippen molar-refractivity contribution in [3.63, 3.8) is 0 Å². The summed E-state index contributed by atoms with van der Waals surface area (Å²) in [6, 6.07) is 0. The molecule has 0 atom stereocenters. The molecule has 0 bridgehead atoms. The van der Waals surface area contributed by atoms with Gasteiger partial charge < -0.3 is 16.8 Å². The van der Waals surface area contributed by atoms with Crippen molar-refractivity contribution in [1.82, 2.24) is 15.1 Å². The molecule has 17 heavy (non-hydrogen) atoms. The second-order valence-corrected chi connectivity index (χ2v) is 4.73. The van der Waals surface area contributed by atoms with Crippen molar-refractivity contribution in [1.29, 1.82) is 0 Å². The van der Waals surface area contributed by atoms with Crippen molar-refractivity contribution >= 4 is 0 Å². The standard InChI is InChI=1S/C12H31N5/c1-16(2)12-17(10-4-7-14)11-5-9-15-8-3-6-13/h15H,3-14H2,1-2H3. The van der Waals surface area contributed by atoms with Gasteiger partial charge in [-0.15, -0.1) is 0 Å². The fraction of sp³-hybridized carbons (Fsp3) is 1.00. The molecule has 0 saturated heterocycles. The van der Waals surface area contributed by atoms with Crippen LogP contribution in [0.2, 0.25) is 0 Å². The molecule has 0 aromatic carbocycles. The quantitative estimate of drug-likeness (QED) is 0.319. The van der Waals surface area contributed by atoms with E-state index >= 15 is 0 Å². The Kier molecular flexibility index (Phi) is 12.1. The van der Waals surface area contributed by atoms with Crippen LogP contribution < -0.4 is 16.8 Å². The van der Waals surface area contributed by atoms with Gasteiger partial charge in [-0.1, -0.05) is 0 Å². The molecule has 5 nitrogen and oxygen atoms in total. The lowest BCUT2D eigenvalue weighted by Crippen LogP contribution is -2.36. The number of nitrogens with two attached hydrogens (primary N) is 2. The molecule has 104 valence electrons. The van der Waals surface area contributed by atoms with Gasteiger partial charge in [0.2, 0.25) is 0 Å². The highest BCUT2D eigenvalue weighted by atomic mass is 15.3. The maximum Gasteiger partial charge on any atom is 0.0500 e. The molecular formula is C12H31N5. The van der Waals surface area contributed by atoms with Crippen molar-refractivity contribution < 1.29 is 0 Å². The van der Waals surface area contributed by atoms with Gasteiger partial charge in [0.1, 0.15) is 0 Å². The molecule has 0 unspecified atom stereocenters. The number of hydrogen-bond acceptors (Lipinski definition) is 5. The molecule has 0 aromatic heterocycles. The smallest absolute Gasteiger partial charge is 0.0500 e. The minimum Gasteiger partial charge on any atom is -0.330 e. The van der Waals surface area contributed by atoms with Crippen LogP contribution in [0, 0.1) is 0 Å². The molecule has 0 rings (SSSR count). The molecule has 0 heterocycles. The highest BCUT2D eigenvalue weighted by Crippen LogP contribution is 1.94. The van der Waals surface area contributed by atoms with Gasteiger partial charge in [0.05, 0.1) is 6.67 Å². The molecule has 0 aliphatic rings. The van der Waals surface area contributed by atoms with E-state index in [1.165, 1.54) is 6.42 Å². The molecule has 0 aromatic rings. The Bertz CT molecular complexity index is 152. The number of nitrogens with zero attached hydrogens (tertiary/aromatic N) is 2. The molecule has 0 saturated carbocycles. The van der Waals surface area contributed by atoms with Crippen LogP contribution in [0.4, 0.5) is 0 Å². The zero-order valence-corrected chi connectivity index (χ0v) is 11.6. The van der Waals surface area contributed by atoms with Crippen molar-refractivity contribution in [3.8, 4) is 0 Å². The summed E-state index contributed by atoms with van der Waals surface area (Å²) in [5.74, 6) is 0. The van der Waals surface area contributed by atoms with E-state index in [0.717, 1.165) is 58.8 Å². The zero-order chi connectivity index (χ0) is 12.9. The Morgan fingerprint density at radius 3 is 2.06 bits per heavy atom. The molecule has 0 amide bonds. The van der Waals surface area contributed by atoms with Crippen LogP contribution in [0.1, 0.15) is 19.3 Å². The number of hydrogen-bond donors (Lipinski definition) is 3. The van der Waals surface area contributed by atoms with Crippen LogP contribution in [0.3, 0.4) is 0 Å².